The fourth-order valence-corrected chi connectivity index (χ4v) is 3.62. The zero-order chi connectivity index (χ0) is 19.8. The topological polar surface area (TPSA) is 77.5 Å². The largest absolute Gasteiger partial charge is 0.318 e. The summed E-state index contributed by atoms with van der Waals surface area (Å²) in [6.07, 6.45) is 1.76. The molecule has 0 saturated heterocycles. The molecule has 0 unspecified atom stereocenters. The second-order valence-corrected chi connectivity index (χ2v) is 8.43. The Labute approximate surface area is 168 Å². The van der Waals surface area contributed by atoms with E-state index in [0.29, 0.717) is 15.7 Å². The maximum Gasteiger partial charge on any atom is 0.238 e. The number of rotatable bonds is 4. The number of aryl methyl sites for hydroxylation is 1. The third-order valence-corrected chi connectivity index (χ3v) is 5.82. The molecule has 0 spiro atoms. The predicted octanol–water partition coefficient (Wildman–Crippen LogP) is 4.80. The summed E-state index contributed by atoms with van der Waals surface area (Å²) in [5, 5.41) is 6.09. The number of hydrogen-bond donors (Lipinski definition) is 1. The van der Waals surface area contributed by atoms with Crippen molar-refractivity contribution in [3.05, 3.63) is 75.5 Å². The summed E-state index contributed by atoms with van der Waals surface area (Å²) < 4.78 is 24.9. The molecule has 0 radical (unpaired) electrons. The van der Waals surface area contributed by atoms with Gasteiger partial charge in [0.15, 0.2) is 0 Å². The molecule has 0 atom stereocenters. The van der Waals surface area contributed by atoms with Crippen molar-refractivity contribution in [2.75, 3.05) is 0 Å². The van der Waals surface area contributed by atoms with Gasteiger partial charge in [-0.1, -0.05) is 23.2 Å². The molecular formula is C19H17Cl2N3O2S. The van der Waals surface area contributed by atoms with Crippen molar-refractivity contribution in [3.8, 4) is 5.69 Å². The van der Waals surface area contributed by atoms with Gasteiger partial charge in [0.05, 0.1) is 20.6 Å². The van der Waals surface area contributed by atoms with Crippen LogP contribution in [0.4, 0.5) is 5.69 Å². The van der Waals surface area contributed by atoms with E-state index in [-0.39, 0.29) is 4.90 Å². The van der Waals surface area contributed by atoms with Crippen LogP contribution in [0.5, 0.6) is 0 Å². The number of aromatic nitrogens is 1. The molecule has 2 N–H and O–H groups in total. The monoisotopic (exact) mass is 421 g/mol. The highest BCUT2D eigenvalue weighted by Crippen LogP contribution is 2.27. The lowest BCUT2D eigenvalue weighted by Gasteiger charge is -2.10. The van der Waals surface area contributed by atoms with E-state index < -0.39 is 10.0 Å². The second kappa shape index (κ2) is 7.48. The smallest absolute Gasteiger partial charge is 0.238 e. The Kier molecular flexibility index (Phi) is 5.44. The summed E-state index contributed by atoms with van der Waals surface area (Å²) in [7, 11) is -3.71. The first-order valence-corrected chi connectivity index (χ1v) is 10.3. The van der Waals surface area contributed by atoms with Crippen molar-refractivity contribution in [2.45, 2.75) is 18.7 Å². The summed E-state index contributed by atoms with van der Waals surface area (Å²) >= 11 is 11.9. The lowest BCUT2D eigenvalue weighted by Crippen LogP contribution is -2.12. The fourth-order valence-electron chi connectivity index (χ4n) is 2.81. The maximum atomic E-state index is 11.4. The van der Waals surface area contributed by atoms with Crippen LogP contribution in [0.3, 0.4) is 0 Å². The Balaban J connectivity index is 1.95. The van der Waals surface area contributed by atoms with Gasteiger partial charge >= 0.3 is 0 Å². The molecule has 3 aromatic rings. The van der Waals surface area contributed by atoms with Crippen LogP contribution in [0.15, 0.2) is 58.4 Å². The van der Waals surface area contributed by atoms with Crippen LogP contribution < -0.4 is 5.14 Å². The van der Waals surface area contributed by atoms with Gasteiger partial charge in [-0.2, -0.15) is 0 Å². The van der Waals surface area contributed by atoms with Gasteiger partial charge in [0, 0.05) is 28.9 Å². The quantitative estimate of drug-likeness (QED) is 0.614. The van der Waals surface area contributed by atoms with E-state index in [0.717, 1.165) is 22.6 Å². The highest BCUT2D eigenvalue weighted by Gasteiger charge is 2.12. The first kappa shape index (κ1) is 19.6. The minimum absolute atomic E-state index is 0.0788. The molecule has 5 nitrogen and oxygen atoms in total. The Morgan fingerprint density at radius 1 is 1.00 bits per heavy atom. The molecule has 1 heterocycles. The van der Waals surface area contributed by atoms with E-state index in [9.17, 15) is 8.42 Å². The molecule has 0 aliphatic rings. The van der Waals surface area contributed by atoms with Crippen molar-refractivity contribution >= 4 is 45.1 Å². The van der Waals surface area contributed by atoms with Crippen molar-refractivity contribution in [2.24, 2.45) is 10.1 Å². The van der Waals surface area contributed by atoms with Gasteiger partial charge < -0.3 is 4.57 Å². The van der Waals surface area contributed by atoms with Gasteiger partial charge in [-0.25, -0.2) is 13.6 Å². The van der Waals surface area contributed by atoms with Crippen molar-refractivity contribution in [3.63, 3.8) is 0 Å². The summed E-state index contributed by atoms with van der Waals surface area (Å²) in [4.78, 5) is 4.54. The molecule has 0 amide bonds. The first-order valence-electron chi connectivity index (χ1n) is 7.98. The van der Waals surface area contributed by atoms with Crippen LogP contribution in [-0.2, 0) is 10.0 Å². The van der Waals surface area contributed by atoms with E-state index >= 15 is 0 Å². The third-order valence-electron chi connectivity index (χ3n) is 4.15. The first-order chi connectivity index (χ1) is 12.7. The van der Waals surface area contributed by atoms with E-state index in [2.05, 4.69) is 4.99 Å². The minimum Gasteiger partial charge on any atom is -0.318 e. The highest BCUT2D eigenvalue weighted by atomic mass is 35.5. The molecule has 0 saturated carbocycles. The Morgan fingerprint density at radius 2 is 1.67 bits per heavy atom. The van der Waals surface area contributed by atoms with Crippen LogP contribution in [0.25, 0.3) is 5.69 Å². The Hall–Kier alpha value is -2.12. The number of nitrogens with two attached hydrogens (primary N) is 1. The number of sulfonamides is 1. The summed E-state index contributed by atoms with van der Waals surface area (Å²) in [6.45, 7) is 3.94. The molecule has 3 rings (SSSR count). The van der Waals surface area contributed by atoms with E-state index in [1.165, 1.54) is 12.1 Å². The number of primary sulfonamides is 1. The van der Waals surface area contributed by atoms with Gasteiger partial charge in [0.2, 0.25) is 10.0 Å². The number of hydrogen-bond acceptors (Lipinski definition) is 3. The number of benzene rings is 2. The second-order valence-electron chi connectivity index (χ2n) is 6.06. The lowest BCUT2D eigenvalue weighted by atomic mass is 10.2. The zero-order valence-electron chi connectivity index (χ0n) is 14.6. The highest BCUT2D eigenvalue weighted by molar-refractivity contribution is 7.89. The minimum atomic E-state index is -3.71. The average molecular weight is 422 g/mol. The van der Waals surface area contributed by atoms with Gasteiger partial charge in [0.25, 0.3) is 0 Å². The predicted molar refractivity (Wildman–Crippen MR) is 110 cm³/mol. The fraction of sp³-hybridized carbons (Fsp3) is 0.105. The Bertz CT molecular complexity index is 1130. The van der Waals surface area contributed by atoms with Gasteiger partial charge in [-0.05, 0) is 62.4 Å². The van der Waals surface area contributed by atoms with E-state index in [4.69, 9.17) is 28.3 Å². The van der Waals surface area contributed by atoms with Crippen LogP contribution >= 0.6 is 23.2 Å². The molecule has 0 aliphatic heterocycles. The number of aliphatic imine (C=N–C) groups is 1. The zero-order valence-corrected chi connectivity index (χ0v) is 17.0. The average Bonchev–Trinajstić information content (AvgIpc) is 2.89. The van der Waals surface area contributed by atoms with Crippen molar-refractivity contribution in [1.82, 2.24) is 4.57 Å². The molecule has 0 bridgehead atoms. The summed E-state index contributed by atoms with van der Waals surface area (Å²) in [5.74, 6) is 0. The van der Waals surface area contributed by atoms with E-state index in [1.807, 2.05) is 24.5 Å². The summed E-state index contributed by atoms with van der Waals surface area (Å²) in [6, 6.07) is 13.6. The molecule has 0 aliphatic carbocycles. The van der Waals surface area contributed by atoms with Crippen LogP contribution in [0.2, 0.25) is 10.0 Å². The van der Waals surface area contributed by atoms with Gasteiger partial charge in [-0.3, -0.25) is 4.99 Å². The van der Waals surface area contributed by atoms with Gasteiger partial charge in [0.1, 0.15) is 0 Å². The van der Waals surface area contributed by atoms with Crippen LogP contribution in [-0.4, -0.2) is 19.2 Å². The lowest BCUT2D eigenvalue weighted by molar-refractivity contribution is 0.598. The molecule has 8 heteroatoms. The normalized spacial score (nSPS) is 12.0. The molecular weight excluding hydrogens is 405 g/mol. The third kappa shape index (κ3) is 4.25. The van der Waals surface area contributed by atoms with Gasteiger partial charge in [-0.15, -0.1) is 0 Å². The van der Waals surface area contributed by atoms with Crippen molar-refractivity contribution in [1.29, 1.82) is 0 Å². The Morgan fingerprint density at radius 3 is 2.26 bits per heavy atom. The maximum absolute atomic E-state index is 11.4. The van der Waals surface area contributed by atoms with Crippen LogP contribution in [0, 0.1) is 13.8 Å². The molecule has 2 aromatic carbocycles. The molecule has 0 fully saturated rings. The summed E-state index contributed by atoms with van der Waals surface area (Å²) in [5.41, 5.74) is 4.44. The number of nitrogens with zero attached hydrogens (tertiary/aromatic N) is 2. The van der Waals surface area contributed by atoms with Crippen molar-refractivity contribution < 1.29 is 8.42 Å². The molecule has 1 aromatic heterocycles. The SMILES string of the molecule is Cc1cc(C=Nc2ccc(Cl)c(Cl)c2)c(C)n1-c1ccc(S(N)(=O)=O)cc1. The van der Waals surface area contributed by atoms with Crippen LogP contribution in [0.1, 0.15) is 17.0 Å². The number of halogens is 2. The standard InChI is InChI=1S/C19H17Cl2N3O2S/c1-12-9-14(11-23-15-3-8-18(20)19(21)10-15)13(2)24(12)16-4-6-17(7-5-16)27(22,25)26/h3-11H,1-2H3,(H2,22,25,26). The molecule has 140 valence electrons. The molecule has 27 heavy (non-hydrogen) atoms. The van der Waals surface area contributed by atoms with E-state index in [1.54, 1.807) is 36.5 Å².